The van der Waals surface area contributed by atoms with E-state index in [-0.39, 0.29) is 0 Å². The Morgan fingerprint density at radius 3 is 2.30 bits per heavy atom. The summed E-state index contributed by atoms with van der Waals surface area (Å²) in [6.45, 7) is 4.37. The molecule has 1 aliphatic heterocycles. The molecule has 8 nitrogen and oxygen atoms in total. The Morgan fingerprint density at radius 2 is 1.55 bits per heavy atom. The second-order valence-electron chi connectivity index (χ2n) is 7.93. The molecule has 0 unspecified atom stereocenters. The number of anilines is 4. The maximum Gasteiger partial charge on any atom is 0.235 e. The highest BCUT2D eigenvalue weighted by atomic mass is 32.1. The number of nitrogens with zero attached hydrogens (tertiary/aromatic N) is 6. The van der Waals surface area contributed by atoms with Crippen molar-refractivity contribution in [2.24, 2.45) is 0 Å². The number of thiazole rings is 1. The first-order valence-electron chi connectivity index (χ1n) is 11.0. The summed E-state index contributed by atoms with van der Waals surface area (Å²) in [4.78, 5) is 24.2. The van der Waals surface area contributed by atoms with E-state index in [0.717, 1.165) is 41.8 Å². The van der Waals surface area contributed by atoms with Crippen LogP contribution in [0.3, 0.4) is 0 Å². The number of hydrogen-bond acceptors (Lipinski definition) is 9. The third-order valence-electron chi connectivity index (χ3n) is 5.49. The Bertz CT molecular complexity index is 1170. The smallest absolute Gasteiger partial charge is 0.235 e. The van der Waals surface area contributed by atoms with E-state index in [4.69, 9.17) is 9.97 Å². The molecule has 0 saturated carbocycles. The van der Waals surface area contributed by atoms with Crippen LogP contribution in [0.5, 0.6) is 0 Å². The SMILES string of the molecule is CN1CCN(c2nc(NCc3ccccc3)nc(Nc3ncc(-c4ccccc4)s3)n2)CC1. The lowest BCUT2D eigenvalue weighted by Gasteiger charge is -2.32. The second kappa shape index (κ2) is 9.93. The fourth-order valence-corrected chi connectivity index (χ4v) is 4.40. The Kier molecular flexibility index (Phi) is 6.41. The van der Waals surface area contributed by atoms with Crippen molar-refractivity contribution < 1.29 is 0 Å². The van der Waals surface area contributed by atoms with Crippen LogP contribution in [0.15, 0.2) is 66.9 Å². The molecule has 3 heterocycles. The normalized spacial score (nSPS) is 14.3. The minimum absolute atomic E-state index is 0.489. The fourth-order valence-electron chi connectivity index (χ4n) is 3.59. The van der Waals surface area contributed by atoms with Crippen LogP contribution >= 0.6 is 11.3 Å². The van der Waals surface area contributed by atoms with Gasteiger partial charge in [0.2, 0.25) is 17.8 Å². The number of nitrogens with one attached hydrogen (secondary N) is 2. The van der Waals surface area contributed by atoms with Crippen LogP contribution in [-0.2, 0) is 6.54 Å². The highest BCUT2D eigenvalue weighted by Gasteiger charge is 2.19. The summed E-state index contributed by atoms with van der Waals surface area (Å²) < 4.78 is 0. The van der Waals surface area contributed by atoms with Gasteiger partial charge in [-0.25, -0.2) is 4.98 Å². The Labute approximate surface area is 197 Å². The van der Waals surface area contributed by atoms with Crippen molar-refractivity contribution in [1.29, 1.82) is 0 Å². The van der Waals surface area contributed by atoms with Gasteiger partial charge in [-0.1, -0.05) is 72.0 Å². The molecular formula is C24H26N8S. The standard InChI is InChI=1S/C24H26N8S/c1-31-12-14-32(15-13-31)23-28-21(25-16-18-8-4-2-5-9-18)27-22(29-23)30-24-26-17-20(33-24)19-10-6-3-7-11-19/h2-11,17H,12-16H2,1H3,(H2,25,26,27,28,29,30). The van der Waals surface area contributed by atoms with E-state index in [1.807, 2.05) is 42.6 Å². The molecule has 9 heteroatoms. The van der Waals surface area contributed by atoms with E-state index in [1.54, 1.807) is 11.3 Å². The minimum atomic E-state index is 0.489. The van der Waals surface area contributed by atoms with Gasteiger partial charge in [0, 0.05) is 38.9 Å². The van der Waals surface area contributed by atoms with Gasteiger partial charge in [0.15, 0.2) is 5.13 Å². The summed E-state index contributed by atoms with van der Waals surface area (Å²) in [5.74, 6) is 1.71. The van der Waals surface area contributed by atoms with E-state index < -0.39 is 0 Å². The van der Waals surface area contributed by atoms with Crippen LogP contribution in [0, 0.1) is 0 Å². The summed E-state index contributed by atoms with van der Waals surface area (Å²) in [6, 6.07) is 20.5. The van der Waals surface area contributed by atoms with Gasteiger partial charge >= 0.3 is 0 Å². The van der Waals surface area contributed by atoms with E-state index in [1.165, 1.54) is 5.56 Å². The van der Waals surface area contributed by atoms with Gasteiger partial charge in [-0.2, -0.15) is 15.0 Å². The molecule has 168 valence electrons. The minimum Gasteiger partial charge on any atom is -0.350 e. The monoisotopic (exact) mass is 458 g/mol. The lowest BCUT2D eigenvalue weighted by molar-refractivity contribution is 0.311. The molecule has 0 radical (unpaired) electrons. The summed E-state index contributed by atoms with van der Waals surface area (Å²) >= 11 is 1.58. The van der Waals surface area contributed by atoms with Crippen molar-refractivity contribution in [2.45, 2.75) is 6.54 Å². The molecule has 1 saturated heterocycles. The largest absolute Gasteiger partial charge is 0.350 e. The van der Waals surface area contributed by atoms with E-state index in [9.17, 15) is 0 Å². The Morgan fingerprint density at radius 1 is 0.848 bits per heavy atom. The zero-order valence-corrected chi connectivity index (χ0v) is 19.3. The molecule has 0 bridgehead atoms. The molecule has 1 fully saturated rings. The molecule has 1 aliphatic rings. The topological polar surface area (TPSA) is 82.1 Å². The molecule has 0 spiro atoms. The Hall–Kier alpha value is -3.56. The van der Waals surface area contributed by atoms with Crippen molar-refractivity contribution >= 4 is 34.3 Å². The molecule has 2 aromatic carbocycles. The predicted octanol–water partition coefficient (Wildman–Crippen LogP) is 4.10. The van der Waals surface area contributed by atoms with Crippen LogP contribution in [0.1, 0.15) is 5.56 Å². The maximum atomic E-state index is 4.72. The van der Waals surface area contributed by atoms with Gasteiger partial charge in [-0.05, 0) is 18.2 Å². The van der Waals surface area contributed by atoms with Crippen molar-refractivity contribution in [2.75, 3.05) is 48.8 Å². The Balaban J connectivity index is 1.38. The third kappa shape index (κ3) is 5.44. The average molecular weight is 459 g/mol. The average Bonchev–Trinajstić information content (AvgIpc) is 3.33. The zero-order valence-electron chi connectivity index (χ0n) is 18.5. The zero-order chi connectivity index (χ0) is 22.5. The van der Waals surface area contributed by atoms with Crippen molar-refractivity contribution in [3.05, 3.63) is 72.4 Å². The van der Waals surface area contributed by atoms with Gasteiger partial charge in [0.25, 0.3) is 0 Å². The quantitative estimate of drug-likeness (QED) is 0.428. The molecular weight excluding hydrogens is 432 g/mol. The highest BCUT2D eigenvalue weighted by molar-refractivity contribution is 7.18. The summed E-state index contributed by atoms with van der Waals surface area (Å²) in [7, 11) is 2.14. The van der Waals surface area contributed by atoms with E-state index >= 15 is 0 Å². The van der Waals surface area contributed by atoms with Gasteiger partial charge in [0.05, 0.1) is 4.88 Å². The van der Waals surface area contributed by atoms with Gasteiger partial charge in [-0.3, -0.25) is 5.32 Å². The number of likely N-dealkylation sites (N-methyl/N-ethyl adjacent to an activating group) is 1. The third-order valence-corrected chi connectivity index (χ3v) is 6.45. The van der Waals surface area contributed by atoms with Crippen molar-refractivity contribution in [1.82, 2.24) is 24.8 Å². The van der Waals surface area contributed by atoms with E-state index in [0.29, 0.717) is 24.4 Å². The molecule has 2 aromatic heterocycles. The van der Waals surface area contributed by atoms with Crippen LogP contribution in [0.4, 0.5) is 23.0 Å². The summed E-state index contributed by atoms with van der Waals surface area (Å²) in [5, 5.41) is 7.39. The van der Waals surface area contributed by atoms with Crippen LogP contribution in [-0.4, -0.2) is 58.1 Å². The molecule has 4 aromatic rings. The molecule has 0 amide bonds. The highest BCUT2D eigenvalue weighted by Crippen LogP contribution is 2.30. The van der Waals surface area contributed by atoms with Gasteiger partial charge in [-0.15, -0.1) is 0 Å². The van der Waals surface area contributed by atoms with Crippen LogP contribution in [0.2, 0.25) is 0 Å². The first-order chi connectivity index (χ1) is 16.2. The second-order valence-corrected chi connectivity index (χ2v) is 8.96. The fraction of sp³-hybridized carbons (Fsp3) is 0.250. The molecule has 5 rings (SSSR count). The number of rotatable bonds is 7. The molecule has 2 N–H and O–H groups in total. The molecule has 0 atom stereocenters. The number of hydrogen-bond donors (Lipinski definition) is 2. The van der Waals surface area contributed by atoms with Gasteiger partial charge < -0.3 is 15.1 Å². The first kappa shape index (κ1) is 21.3. The lowest BCUT2D eigenvalue weighted by Crippen LogP contribution is -2.45. The van der Waals surface area contributed by atoms with Crippen molar-refractivity contribution in [3.8, 4) is 10.4 Å². The molecule has 0 aliphatic carbocycles. The summed E-state index contributed by atoms with van der Waals surface area (Å²) in [5.41, 5.74) is 2.31. The first-order valence-corrected chi connectivity index (χ1v) is 11.8. The lowest BCUT2D eigenvalue weighted by atomic mass is 10.2. The predicted molar refractivity (Wildman–Crippen MR) is 134 cm³/mol. The summed E-state index contributed by atoms with van der Waals surface area (Å²) in [6.07, 6.45) is 1.87. The number of benzene rings is 2. The van der Waals surface area contributed by atoms with Crippen LogP contribution in [0.25, 0.3) is 10.4 Å². The number of aromatic nitrogens is 4. The number of piperazine rings is 1. The van der Waals surface area contributed by atoms with E-state index in [2.05, 4.69) is 61.7 Å². The maximum absolute atomic E-state index is 4.72. The van der Waals surface area contributed by atoms with Crippen molar-refractivity contribution in [3.63, 3.8) is 0 Å². The molecule has 33 heavy (non-hydrogen) atoms. The van der Waals surface area contributed by atoms with Crippen LogP contribution < -0.4 is 15.5 Å². The van der Waals surface area contributed by atoms with Gasteiger partial charge in [0.1, 0.15) is 0 Å².